The van der Waals surface area contributed by atoms with Crippen LogP contribution in [0.25, 0.3) is 10.9 Å². The van der Waals surface area contributed by atoms with E-state index in [-0.39, 0.29) is 0 Å². The van der Waals surface area contributed by atoms with E-state index in [9.17, 15) is 5.11 Å². The lowest BCUT2D eigenvalue weighted by atomic mass is 9.98. The van der Waals surface area contributed by atoms with Crippen LogP contribution in [0, 0.1) is 0 Å². The van der Waals surface area contributed by atoms with Crippen LogP contribution in [0.2, 0.25) is 0 Å². The monoisotopic (exact) mass is 295 g/mol. The van der Waals surface area contributed by atoms with Gasteiger partial charge in [0, 0.05) is 29.0 Å². The molecule has 3 heteroatoms. The molecule has 0 saturated heterocycles. The summed E-state index contributed by atoms with van der Waals surface area (Å²) in [4.78, 5) is 0. The van der Waals surface area contributed by atoms with Crippen molar-refractivity contribution in [2.75, 3.05) is 0 Å². The molecule has 0 radical (unpaired) electrons. The van der Waals surface area contributed by atoms with E-state index in [0.29, 0.717) is 6.42 Å². The van der Waals surface area contributed by atoms with E-state index < -0.39 is 5.60 Å². The molecular formula is C14H18BrNO. The molecule has 0 bridgehead atoms. The molecule has 1 N–H and O–H groups in total. The van der Waals surface area contributed by atoms with Crippen molar-refractivity contribution in [2.45, 2.75) is 39.3 Å². The smallest absolute Gasteiger partial charge is 0.0632 e. The molecule has 0 saturated carbocycles. The molecule has 92 valence electrons. The molecule has 1 aromatic heterocycles. The molecule has 0 spiro atoms. The summed E-state index contributed by atoms with van der Waals surface area (Å²) < 4.78 is 3.33. The first-order chi connectivity index (χ1) is 7.92. The molecule has 0 amide bonds. The lowest BCUT2D eigenvalue weighted by Crippen LogP contribution is -2.21. The van der Waals surface area contributed by atoms with Crippen molar-refractivity contribution in [3.63, 3.8) is 0 Å². The second-order valence-corrected chi connectivity index (χ2v) is 5.92. The number of fused-ring (bicyclic) bond motifs is 1. The van der Waals surface area contributed by atoms with Crippen LogP contribution in [0.3, 0.4) is 0 Å². The van der Waals surface area contributed by atoms with E-state index in [4.69, 9.17) is 0 Å². The summed E-state index contributed by atoms with van der Waals surface area (Å²) in [6, 6.07) is 6.22. The number of aliphatic hydroxyl groups is 1. The number of benzene rings is 1. The largest absolute Gasteiger partial charge is 0.390 e. The molecule has 0 aliphatic heterocycles. The van der Waals surface area contributed by atoms with E-state index in [1.807, 2.05) is 19.9 Å². The van der Waals surface area contributed by atoms with Crippen molar-refractivity contribution in [1.82, 2.24) is 4.57 Å². The number of para-hydroxylation sites is 1. The fraction of sp³-hybridized carbons (Fsp3) is 0.429. The van der Waals surface area contributed by atoms with E-state index in [2.05, 4.69) is 45.8 Å². The Morgan fingerprint density at radius 2 is 2.06 bits per heavy atom. The molecule has 0 fully saturated rings. The fourth-order valence-corrected chi connectivity index (χ4v) is 2.84. The zero-order valence-corrected chi connectivity index (χ0v) is 12.1. The van der Waals surface area contributed by atoms with Gasteiger partial charge >= 0.3 is 0 Å². The molecule has 17 heavy (non-hydrogen) atoms. The van der Waals surface area contributed by atoms with E-state index in [1.165, 1.54) is 16.5 Å². The summed E-state index contributed by atoms with van der Waals surface area (Å²) in [5, 5.41) is 11.2. The summed E-state index contributed by atoms with van der Waals surface area (Å²) in [6.45, 7) is 6.76. The average molecular weight is 296 g/mol. The highest BCUT2D eigenvalue weighted by molar-refractivity contribution is 9.10. The van der Waals surface area contributed by atoms with Gasteiger partial charge in [0.25, 0.3) is 0 Å². The van der Waals surface area contributed by atoms with Crippen molar-refractivity contribution in [3.8, 4) is 0 Å². The van der Waals surface area contributed by atoms with Crippen LogP contribution < -0.4 is 0 Å². The second kappa shape index (κ2) is 4.46. The standard InChI is InChI=1S/C14H18BrNO/c1-4-16-9-10(8-14(2,3)17)11-6-5-7-12(15)13(11)16/h5-7,9,17H,4,8H2,1-3H3. The first-order valence-corrected chi connectivity index (χ1v) is 6.70. The van der Waals surface area contributed by atoms with E-state index in [1.54, 1.807) is 0 Å². The van der Waals surface area contributed by atoms with E-state index in [0.717, 1.165) is 11.0 Å². The van der Waals surface area contributed by atoms with Crippen molar-refractivity contribution >= 4 is 26.8 Å². The second-order valence-electron chi connectivity index (χ2n) is 5.07. The van der Waals surface area contributed by atoms with Crippen molar-refractivity contribution in [2.24, 2.45) is 0 Å². The Balaban J connectivity index is 2.62. The highest BCUT2D eigenvalue weighted by Gasteiger charge is 2.18. The molecule has 0 aliphatic rings. The topological polar surface area (TPSA) is 25.2 Å². The maximum Gasteiger partial charge on any atom is 0.0632 e. The molecule has 0 unspecified atom stereocenters. The van der Waals surface area contributed by atoms with Gasteiger partial charge in [-0.05, 0) is 48.3 Å². The molecule has 1 heterocycles. The highest BCUT2D eigenvalue weighted by atomic mass is 79.9. The Kier molecular flexibility index (Phi) is 3.32. The van der Waals surface area contributed by atoms with E-state index >= 15 is 0 Å². The summed E-state index contributed by atoms with van der Waals surface area (Å²) in [5.41, 5.74) is 1.75. The van der Waals surface area contributed by atoms with Crippen LogP contribution in [0.5, 0.6) is 0 Å². The highest BCUT2D eigenvalue weighted by Crippen LogP contribution is 2.30. The molecular weight excluding hydrogens is 278 g/mol. The Morgan fingerprint density at radius 1 is 1.35 bits per heavy atom. The quantitative estimate of drug-likeness (QED) is 0.917. The van der Waals surface area contributed by atoms with Crippen LogP contribution in [0.1, 0.15) is 26.3 Å². The maximum absolute atomic E-state index is 9.96. The molecule has 2 rings (SSSR count). The van der Waals surface area contributed by atoms with Crippen LogP contribution in [0.15, 0.2) is 28.9 Å². The molecule has 0 atom stereocenters. The summed E-state index contributed by atoms with van der Waals surface area (Å²) >= 11 is 3.60. The zero-order valence-electron chi connectivity index (χ0n) is 10.5. The third-order valence-corrected chi connectivity index (χ3v) is 3.54. The van der Waals surface area contributed by atoms with Gasteiger partial charge in [0.05, 0.1) is 11.1 Å². The lowest BCUT2D eigenvalue weighted by Gasteiger charge is -2.16. The van der Waals surface area contributed by atoms with Gasteiger partial charge in [-0.15, -0.1) is 0 Å². The minimum Gasteiger partial charge on any atom is -0.390 e. The number of nitrogens with zero attached hydrogens (tertiary/aromatic N) is 1. The van der Waals surface area contributed by atoms with Gasteiger partial charge < -0.3 is 9.67 Å². The predicted molar refractivity (Wildman–Crippen MR) is 75.3 cm³/mol. The van der Waals surface area contributed by atoms with Crippen molar-refractivity contribution in [3.05, 3.63) is 34.4 Å². The van der Waals surface area contributed by atoms with Gasteiger partial charge in [0.2, 0.25) is 0 Å². The lowest BCUT2D eigenvalue weighted by molar-refractivity contribution is 0.0813. The van der Waals surface area contributed by atoms with Gasteiger partial charge in [0.15, 0.2) is 0 Å². The molecule has 2 aromatic rings. The number of rotatable bonds is 3. The SMILES string of the molecule is CCn1cc(CC(C)(C)O)c2cccc(Br)c21. The first-order valence-electron chi connectivity index (χ1n) is 5.91. The Morgan fingerprint density at radius 3 is 2.65 bits per heavy atom. The number of hydrogen-bond acceptors (Lipinski definition) is 1. The third kappa shape index (κ3) is 2.55. The van der Waals surface area contributed by atoms with Crippen LogP contribution >= 0.6 is 15.9 Å². The molecule has 0 aliphatic carbocycles. The maximum atomic E-state index is 9.96. The normalized spacial score (nSPS) is 12.3. The molecule has 1 aromatic carbocycles. The number of aromatic nitrogens is 1. The van der Waals surface area contributed by atoms with Crippen LogP contribution in [-0.2, 0) is 13.0 Å². The van der Waals surface area contributed by atoms with Gasteiger partial charge in [-0.25, -0.2) is 0 Å². The third-order valence-electron chi connectivity index (χ3n) is 2.90. The Labute approximate surface area is 110 Å². The number of aryl methyl sites for hydroxylation is 1. The summed E-state index contributed by atoms with van der Waals surface area (Å²) in [6.07, 6.45) is 2.82. The van der Waals surface area contributed by atoms with Gasteiger partial charge in [-0.2, -0.15) is 0 Å². The minimum absolute atomic E-state index is 0.671. The Hall–Kier alpha value is -0.800. The van der Waals surface area contributed by atoms with Gasteiger partial charge in [-0.1, -0.05) is 12.1 Å². The Bertz CT molecular complexity index is 537. The van der Waals surface area contributed by atoms with Crippen LogP contribution in [-0.4, -0.2) is 15.3 Å². The summed E-state index contributed by atoms with van der Waals surface area (Å²) in [7, 11) is 0. The van der Waals surface area contributed by atoms with Gasteiger partial charge in [0.1, 0.15) is 0 Å². The average Bonchev–Trinajstić information content (AvgIpc) is 2.56. The minimum atomic E-state index is -0.671. The van der Waals surface area contributed by atoms with Crippen molar-refractivity contribution in [1.29, 1.82) is 0 Å². The van der Waals surface area contributed by atoms with Crippen molar-refractivity contribution < 1.29 is 5.11 Å². The fourth-order valence-electron chi connectivity index (χ4n) is 2.24. The van der Waals surface area contributed by atoms with Gasteiger partial charge in [-0.3, -0.25) is 0 Å². The zero-order chi connectivity index (χ0) is 12.6. The number of hydrogen-bond donors (Lipinski definition) is 1. The number of halogens is 1. The first kappa shape index (κ1) is 12.7. The molecule has 2 nitrogen and oxygen atoms in total. The predicted octanol–water partition coefficient (Wildman–Crippen LogP) is 3.74. The van der Waals surface area contributed by atoms with Crippen LogP contribution in [0.4, 0.5) is 0 Å². The summed E-state index contributed by atoms with van der Waals surface area (Å²) in [5.74, 6) is 0.